The number of hydrogen-bond acceptors (Lipinski definition) is 2. The Morgan fingerprint density at radius 2 is 2.11 bits per heavy atom. The number of fused-ring (bicyclic) bond motifs is 1. The van der Waals surface area contributed by atoms with Gasteiger partial charge < -0.3 is 5.73 Å². The minimum Gasteiger partial charge on any atom is -0.385 e. The zero-order valence-corrected chi connectivity index (χ0v) is 10.6. The molecule has 1 fully saturated rings. The Morgan fingerprint density at radius 1 is 1.39 bits per heavy atom. The fourth-order valence-electron chi connectivity index (χ4n) is 2.61. The lowest BCUT2D eigenvalue weighted by molar-refractivity contribution is 0.428. The number of rotatable bonds is 3. The highest BCUT2D eigenvalue weighted by atomic mass is 16.1. The van der Waals surface area contributed by atoms with E-state index >= 15 is 0 Å². The number of hydrogen-bond donors (Lipinski definition) is 1. The molecule has 3 heteroatoms. The number of anilines is 1. The first-order valence-electron chi connectivity index (χ1n) is 6.55. The highest BCUT2D eigenvalue weighted by molar-refractivity contribution is 5.83. The molecule has 1 aromatic heterocycles. The van der Waals surface area contributed by atoms with Crippen molar-refractivity contribution in [3.8, 4) is 0 Å². The van der Waals surface area contributed by atoms with Crippen LogP contribution in [0.5, 0.6) is 0 Å². The molecule has 0 radical (unpaired) electrons. The van der Waals surface area contributed by atoms with Crippen molar-refractivity contribution in [1.29, 1.82) is 0 Å². The highest BCUT2D eigenvalue weighted by Crippen LogP contribution is 2.37. The van der Waals surface area contributed by atoms with Crippen molar-refractivity contribution in [2.45, 2.75) is 26.3 Å². The third kappa shape index (κ3) is 1.90. The van der Waals surface area contributed by atoms with Crippen molar-refractivity contribution in [2.75, 3.05) is 5.73 Å². The monoisotopic (exact) mass is 242 g/mol. The Hall–Kier alpha value is -1.77. The van der Waals surface area contributed by atoms with Crippen LogP contribution in [0.4, 0.5) is 5.82 Å². The summed E-state index contributed by atoms with van der Waals surface area (Å²) < 4.78 is 1.73. The van der Waals surface area contributed by atoms with Crippen molar-refractivity contribution in [3.63, 3.8) is 0 Å². The summed E-state index contributed by atoms with van der Waals surface area (Å²) in [6.45, 7) is 2.94. The van der Waals surface area contributed by atoms with Crippen molar-refractivity contribution < 1.29 is 0 Å². The van der Waals surface area contributed by atoms with E-state index in [9.17, 15) is 4.79 Å². The molecule has 1 aromatic carbocycles. The molecule has 2 N–H and O–H groups in total. The molecule has 1 saturated carbocycles. The van der Waals surface area contributed by atoms with Gasteiger partial charge in [-0.05, 0) is 42.2 Å². The largest absolute Gasteiger partial charge is 0.385 e. The second kappa shape index (κ2) is 4.16. The molecule has 0 amide bonds. The van der Waals surface area contributed by atoms with Crippen molar-refractivity contribution in [3.05, 3.63) is 40.7 Å². The van der Waals surface area contributed by atoms with Crippen molar-refractivity contribution in [2.24, 2.45) is 11.8 Å². The summed E-state index contributed by atoms with van der Waals surface area (Å²) in [6, 6.07) is 9.53. The van der Waals surface area contributed by atoms with Crippen molar-refractivity contribution in [1.82, 2.24) is 4.57 Å². The Bertz CT molecular complexity index is 640. The van der Waals surface area contributed by atoms with Gasteiger partial charge in [-0.2, -0.15) is 0 Å². The topological polar surface area (TPSA) is 48.0 Å². The van der Waals surface area contributed by atoms with Crippen LogP contribution in [0.1, 0.15) is 19.8 Å². The first kappa shape index (κ1) is 11.3. The zero-order chi connectivity index (χ0) is 12.7. The SMILES string of the molecule is CC(Cn1c(N)cc2ccccc2c1=O)C1CC1. The van der Waals surface area contributed by atoms with Gasteiger partial charge in [0.05, 0.1) is 0 Å². The Balaban J connectivity index is 2.07. The van der Waals surface area contributed by atoms with Crippen LogP contribution in [-0.4, -0.2) is 4.57 Å². The van der Waals surface area contributed by atoms with Gasteiger partial charge in [-0.1, -0.05) is 25.1 Å². The van der Waals surface area contributed by atoms with E-state index in [-0.39, 0.29) is 5.56 Å². The van der Waals surface area contributed by atoms with E-state index in [0.29, 0.717) is 11.7 Å². The van der Waals surface area contributed by atoms with Gasteiger partial charge in [-0.15, -0.1) is 0 Å². The maximum Gasteiger partial charge on any atom is 0.259 e. The van der Waals surface area contributed by atoms with Gasteiger partial charge in [0.15, 0.2) is 0 Å². The quantitative estimate of drug-likeness (QED) is 0.899. The zero-order valence-electron chi connectivity index (χ0n) is 10.6. The summed E-state index contributed by atoms with van der Waals surface area (Å²) in [5, 5.41) is 1.69. The highest BCUT2D eigenvalue weighted by Gasteiger charge is 2.28. The molecule has 1 aliphatic carbocycles. The molecule has 3 nitrogen and oxygen atoms in total. The molecular weight excluding hydrogens is 224 g/mol. The Kier molecular flexibility index (Phi) is 2.62. The molecule has 0 bridgehead atoms. The van der Waals surface area contributed by atoms with Gasteiger partial charge >= 0.3 is 0 Å². The molecule has 2 aromatic rings. The number of aromatic nitrogens is 1. The standard InChI is InChI=1S/C15H18N2O/c1-10(11-6-7-11)9-17-14(16)8-12-4-2-3-5-13(12)15(17)18/h2-5,8,10-11H,6-7,9,16H2,1H3. The first-order chi connectivity index (χ1) is 8.66. The van der Waals surface area contributed by atoms with Gasteiger partial charge in [0.2, 0.25) is 0 Å². The van der Waals surface area contributed by atoms with Crippen LogP contribution >= 0.6 is 0 Å². The van der Waals surface area contributed by atoms with Crippen LogP contribution in [0, 0.1) is 11.8 Å². The third-order valence-corrected chi connectivity index (χ3v) is 3.95. The van der Waals surface area contributed by atoms with Gasteiger partial charge in [-0.25, -0.2) is 0 Å². The average molecular weight is 242 g/mol. The van der Waals surface area contributed by atoms with E-state index < -0.39 is 0 Å². The molecular formula is C15H18N2O. The number of benzene rings is 1. The maximum atomic E-state index is 12.4. The summed E-state index contributed by atoms with van der Waals surface area (Å²) >= 11 is 0. The molecule has 0 spiro atoms. The van der Waals surface area contributed by atoms with E-state index in [0.717, 1.165) is 23.2 Å². The number of nitrogen functional groups attached to an aromatic ring is 1. The van der Waals surface area contributed by atoms with E-state index in [1.54, 1.807) is 4.57 Å². The molecule has 3 rings (SSSR count). The second-order valence-electron chi connectivity index (χ2n) is 5.39. The summed E-state index contributed by atoms with van der Waals surface area (Å²) in [6.07, 6.45) is 2.59. The Morgan fingerprint density at radius 3 is 2.83 bits per heavy atom. The van der Waals surface area contributed by atoms with Crippen LogP contribution in [0.3, 0.4) is 0 Å². The second-order valence-corrected chi connectivity index (χ2v) is 5.39. The van der Waals surface area contributed by atoms with Crippen LogP contribution in [0.25, 0.3) is 10.8 Å². The minimum absolute atomic E-state index is 0.0399. The van der Waals surface area contributed by atoms with Gasteiger partial charge in [0.25, 0.3) is 5.56 Å². The van der Waals surface area contributed by atoms with Crippen LogP contribution < -0.4 is 11.3 Å². The minimum atomic E-state index is 0.0399. The number of pyridine rings is 1. The van der Waals surface area contributed by atoms with Crippen LogP contribution in [0.15, 0.2) is 35.1 Å². The molecule has 94 valence electrons. The molecule has 1 atom stereocenters. The molecule has 1 heterocycles. The average Bonchev–Trinajstić information content (AvgIpc) is 3.18. The van der Waals surface area contributed by atoms with E-state index in [1.807, 2.05) is 30.3 Å². The smallest absolute Gasteiger partial charge is 0.259 e. The van der Waals surface area contributed by atoms with E-state index in [2.05, 4.69) is 6.92 Å². The maximum absolute atomic E-state index is 12.4. The van der Waals surface area contributed by atoms with Gasteiger partial charge in [0, 0.05) is 11.9 Å². The van der Waals surface area contributed by atoms with Crippen LogP contribution in [0.2, 0.25) is 0 Å². The molecule has 1 unspecified atom stereocenters. The molecule has 0 saturated heterocycles. The summed E-state index contributed by atoms with van der Waals surface area (Å²) in [5.74, 6) is 1.89. The summed E-state index contributed by atoms with van der Waals surface area (Å²) in [5.41, 5.74) is 6.06. The lowest BCUT2D eigenvalue weighted by Crippen LogP contribution is -2.26. The summed E-state index contributed by atoms with van der Waals surface area (Å²) in [7, 11) is 0. The number of nitrogens with two attached hydrogens (primary N) is 1. The fraction of sp³-hybridized carbons (Fsp3) is 0.400. The van der Waals surface area contributed by atoms with E-state index in [1.165, 1.54) is 12.8 Å². The number of nitrogens with zero attached hydrogens (tertiary/aromatic N) is 1. The van der Waals surface area contributed by atoms with E-state index in [4.69, 9.17) is 5.73 Å². The normalized spacial score (nSPS) is 16.9. The molecule has 1 aliphatic rings. The van der Waals surface area contributed by atoms with Crippen molar-refractivity contribution >= 4 is 16.6 Å². The molecule has 18 heavy (non-hydrogen) atoms. The van der Waals surface area contributed by atoms with Gasteiger partial charge in [0.1, 0.15) is 5.82 Å². The third-order valence-electron chi connectivity index (χ3n) is 3.95. The fourth-order valence-corrected chi connectivity index (χ4v) is 2.61. The van der Waals surface area contributed by atoms with Gasteiger partial charge in [-0.3, -0.25) is 9.36 Å². The lowest BCUT2D eigenvalue weighted by Gasteiger charge is -2.15. The Labute approximate surface area is 106 Å². The summed E-state index contributed by atoms with van der Waals surface area (Å²) in [4.78, 5) is 12.4. The predicted octanol–water partition coefficient (Wildman–Crippen LogP) is 2.63. The first-order valence-corrected chi connectivity index (χ1v) is 6.55. The van der Waals surface area contributed by atoms with Crippen LogP contribution in [-0.2, 0) is 6.54 Å². The lowest BCUT2D eigenvalue weighted by atomic mass is 10.1. The predicted molar refractivity (Wildman–Crippen MR) is 74.5 cm³/mol. The molecule has 0 aliphatic heterocycles.